The lowest BCUT2D eigenvalue weighted by Crippen LogP contribution is -2.25. The van der Waals surface area contributed by atoms with Crippen LogP contribution in [0, 0.1) is 0 Å². The van der Waals surface area contributed by atoms with E-state index in [1.165, 1.54) is 0 Å². The fourth-order valence-electron chi connectivity index (χ4n) is 2.31. The molecular formula is C19H22ClNO3. The number of halogens is 1. The fraction of sp³-hybridized carbons (Fsp3) is 0.316. The van der Waals surface area contributed by atoms with E-state index in [1.54, 1.807) is 24.3 Å². The van der Waals surface area contributed by atoms with Gasteiger partial charge in [-0.3, -0.25) is 4.79 Å². The Kier molecular flexibility index (Phi) is 6.94. The molecule has 5 heteroatoms. The minimum absolute atomic E-state index is 0.170. The van der Waals surface area contributed by atoms with E-state index in [-0.39, 0.29) is 5.91 Å². The van der Waals surface area contributed by atoms with E-state index in [4.69, 9.17) is 21.1 Å². The molecule has 0 heterocycles. The number of carbonyl (C=O) groups excluding carboxylic acids is 1. The Hall–Kier alpha value is -2.20. The van der Waals surface area contributed by atoms with Crippen molar-refractivity contribution in [2.45, 2.75) is 20.3 Å². The third kappa shape index (κ3) is 4.90. The molecule has 0 saturated carbocycles. The predicted octanol–water partition coefficient (Wildman–Crippen LogP) is 4.11. The molecule has 0 atom stereocenters. The Morgan fingerprint density at radius 2 is 1.75 bits per heavy atom. The number of rotatable bonds is 8. The normalized spacial score (nSPS) is 10.3. The van der Waals surface area contributed by atoms with E-state index in [9.17, 15) is 4.79 Å². The van der Waals surface area contributed by atoms with Crippen LogP contribution < -0.4 is 14.8 Å². The lowest BCUT2D eigenvalue weighted by Gasteiger charge is -2.13. The molecule has 0 aliphatic carbocycles. The van der Waals surface area contributed by atoms with Gasteiger partial charge in [0.2, 0.25) is 0 Å². The maximum Gasteiger partial charge on any atom is 0.252 e. The summed E-state index contributed by atoms with van der Waals surface area (Å²) in [7, 11) is 0. The summed E-state index contributed by atoms with van der Waals surface area (Å²) < 4.78 is 11.2. The van der Waals surface area contributed by atoms with Gasteiger partial charge in [-0.05, 0) is 50.1 Å². The summed E-state index contributed by atoms with van der Waals surface area (Å²) in [5, 5.41) is 3.34. The minimum atomic E-state index is -0.170. The number of amides is 1. The second kappa shape index (κ2) is 9.18. The molecule has 24 heavy (non-hydrogen) atoms. The Balaban J connectivity index is 1.95. The molecule has 0 aromatic heterocycles. The van der Waals surface area contributed by atoms with E-state index >= 15 is 0 Å². The van der Waals surface area contributed by atoms with Crippen molar-refractivity contribution in [3.63, 3.8) is 0 Å². The number of benzene rings is 2. The first-order valence-electron chi connectivity index (χ1n) is 8.07. The lowest BCUT2D eigenvalue weighted by atomic mass is 10.1. The summed E-state index contributed by atoms with van der Waals surface area (Å²) in [6, 6.07) is 12.8. The van der Waals surface area contributed by atoms with Crippen LogP contribution in [0.5, 0.6) is 11.5 Å². The van der Waals surface area contributed by atoms with Gasteiger partial charge in [-0.15, -0.1) is 0 Å². The maximum atomic E-state index is 12.1. The monoisotopic (exact) mass is 347 g/mol. The predicted molar refractivity (Wildman–Crippen MR) is 96.3 cm³/mol. The molecule has 0 aliphatic rings. The van der Waals surface area contributed by atoms with Crippen molar-refractivity contribution in [3.8, 4) is 11.5 Å². The van der Waals surface area contributed by atoms with Crippen LogP contribution in [0.1, 0.15) is 29.8 Å². The molecule has 2 aromatic rings. The van der Waals surface area contributed by atoms with Crippen LogP contribution >= 0.6 is 11.6 Å². The van der Waals surface area contributed by atoms with Crippen LogP contribution in [0.4, 0.5) is 0 Å². The number of hydrogen-bond donors (Lipinski definition) is 1. The highest BCUT2D eigenvalue weighted by atomic mass is 35.5. The SMILES string of the molecule is CCOc1ccc(CCNC(=O)c2ccccc2Cl)cc1OCC. The Bertz CT molecular complexity index is 688. The van der Waals surface area contributed by atoms with E-state index in [0.717, 1.165) is 17.1 Å². The Morgan fingerprint density at radius 3 is 2.46 bits per heavy atom. The topological polar surface area (TPSA) is 47.6 Å². The van der Waals surface area contributed by atoms with Crippen LogP contribution in [0.25, 0.3) is 0 Å². The van der Waals surface area contributed by atoms with Crippen molar-refractivity contribution in [1.29, 1.82) is 0 Å². The van der Waals surface area contributed by atoms with Crippen molar-refractivity contribution in [2.75, 3.05) is 19.8 Å². The second-order valence-electron chi connectivity index (χ2n) is 5.13. The van der Waals surface area contributed by atoms with E-state index in [1.807, 2.05) is 32.0 Å². The summed E-state index contributed by atoms with van der Waals surface area (Å²) >= 11 is 6.03. The number of nitrogens with one attached hydrogen (secondary N) is 1. The Labute approximate surface area is 147 Å². The van der Waals surface area contributed by atoms with Crippen LogP contribution in [-0.2, 0) is 6.42 Å². The summed E-state index contributed by atoms with van der Waals surface area (Å²) in [6.07, 6.45) is 0.697. The molecule has 0 fully saturated rings. The van der Waals surface area contributed by atoms with E-state index in [0.29, 0.717) is 36.8 Å². The first-order chi connectivity index (χ1) is 11.7. The third-order valence-corrected chi connectivity index (χ3v) is 3.76. The third-order valence-electron chi connectivity index (χ3n) is 3.43. The number of carbonyl (C=O) groups is 1. The van der Waals surface area contributed by atoms with Gasteiger partial charge in [-0.25, -0.2) is 0 Å². The van der Waals surface area contributed by atoms with Gasteiger partial charge in [0, 0.05) is 6.54 Å². The average molecular weight is 348 g/mol. The standard InChI is InChI=1S/C19H22ClNO3/c1-3-23-17-10-9-14(13-18(17)24-4-2)11-12-21-19(22)15-7-5-6-8-16(15)20/h5-10,13H,3-4,11-12H2,1-2H3,(H,21,22). The van der Waals surface area contributed by atoms with E-state index in [2.05, 4.69) is 5.32 Å². The largest absolute Gasteiger partial charge is 0.490 e. The van der Waals surface area contributed by atoms with Crippen LogP contribution in [0.3, 0.4) is 0 Å². The van der Waals surface area contributed by atoms with Crippen molar-refractivity contribution in [1.82, 2.24) is 5.32 Å². The van der Waals surface area contributed by atoms with Crippen molar-refractivity contribution in [2.24, 2.45) is 0 Å². The van der Waals surface area contributed by atoms with Crippen LogP contribution in [0.2, 0.25) is 5.02 Å². The second-order valence-corrected chi connectivity index (χ2v) is 5.54. The highest BCUT2D eigenvalue weighted by Gasteiger charge is 2.10. The number of hydrogen-bond acceptors (Lipinski definition) is 3. The first kappa shape index (κ1) is 18.1. The molecule has 1 amide bonds. The smallest absolute Gasteiger partial charge is 0.252 e. The van der Waals surface area contributed by atoms with Gasteiger partial charge in [-0.1, -0.05) is 29.8 Å². The molecule has 2 rings (SSSR count). The average Bonchev–Trinajstić information content (AvgIpc) is 2.58. The highest BCUT2D eigenvalue weighted by molar-refractivity contribution is 6.33. The van der Waals surface area contributed by atoms with Gasteiger partial charge >= 0.3 is 0 Å². The van der Waals surface area contributed by atoms with Gasteiger partial charge in [0.05, 0.1) is 23.8 Å². The Morgan fingerprint density at radius 1 is 1.04 bits per heavy atom. The highest BCUT2D eigenvalue weighted by Crippen LogP contribution is 2.28. The lowest BCUT2D eigenvalue weighted by molar-refractivity contribution is 0.0954. The van der Waals surface area contributed by atoms with Crippen molar-refractivity contribution < 1.29 is 14.3 Å². The summed E-state index contributed by atoms with van der Waals surface area (Å²) in [5.41, 5.74) is 1.56. The summed E-state index contributed by atoms with van der Waals surface area (Å²) in [6.45, 7) is 5.56. The molecular weight excluding hydrogens is 326 g/mol. The molecule has 2 aromatic carbocycles. The summed E-state index contributed by atoms with van der Waals surface area (Å²) in [5.74, 6) is 1.30. The molecule has 0 spiro atoms. The fourth-order valence-corrected chi connectivity index (χ4v) is 2.53. The first-order valence-corrected chi connectivity index (χ1v) is 8.44. The van der Waals surface area contributed by atoms with Crippen LogP contribution in [-0.4, -0.2) is 25.7 Å². The maximum absolute atomic E-state index is 12.1. The minimum Gasteiger partial charge on any atom is -0.490 e. The molecule has 1 N–H and O–H groups in total. The molecule has 4 nitrogen and oxygen atoms in total. The zero-order valence-electron chi connectivity index (χ0n) is 14.0. The molecule has 0 saturated heterocycles. The van der Waals surface area contributed by atoms with Gasteiger partial charge in [0.1, 0.15) is 0 Å². The van der Waals surface area contributed by atoms with Gasteiger partial charge < -0.3 is 14.8 Å². The molecule has 0 bridgehead atoms. The zero-order chi connectivity index (χ0) is 17.4. The van der Waals surface area contributed by atoms with Crippen molar-refractivity contribution in [3.05, 3.63) is 58.6 Å². The molecule has 0 aliphatic heterocycles. The molecule has 0 radical (unpaired) electrons. The molecule has 128 valence electrons. The van der Waals surface area contributed by atoms with Gasteiger partial charge in [0.25, 0.3) is 5.91 Å². The van der Waals surface area contributed by atoms with Crippen molar-refractivity contribution >= 4 is 17.5 Å². The van der Waals surface area contributed by atoms with Gasteiger partial charge in [-0.2, -0.15) is 0 Å². The number of ether oxygens (including phenoxy) is 2. The molecule has 0 unspecified atom stereocenters. The quantitative estimate of drug-likeness (QED) is 0.781. The summed E-state index contributed by atoms with van der Waals surface area (Å²) in [4.78, 5) is 12.1. The van der Waals surface area contributed by atoms with Crippen LogP contribution in [0.15, 0.2) is 42.5 Å². The zero-order valence-corrected chi connectivity index (χ0v) is 14.7. The van der Waals surface area contributed by atoms with E-state index < -0.39 is 0 Å². The van der Waals surface area contributed by atoms with Gasteiger partial charge in [0.15, 0.2) is 11.5 Å².